The Labute approximate surface area is 157 Å². The van der Waals surface area contributed by atoms with Crippen molar-refractivity contribution in [2.24, 2.45) is 11.8 Å². The highest BCUT2D eigenvalue weighted by Crippen LogP contribution is 2.27. The van der Waals surface area contributed by atoms with E-state index in [9.17, 15) is 14.4 Å². The molecule has 0 saturated heterocycles. The Balaban J connectivity index is 3.17. The maximum atomic E-state index is 12.8. The topological polar surface area (TPSA) is 69.7 Å². The van der Waals surface area contributed by atoms with Crippen LogP contribution in [0.25, 0.3) is 0 Å². The minimum Gasteiger partial charge on any atom is -0.460 e. The van der Waals surface area contributed by atoms with Gasteiger partial charge < -0.3 is 9.47 Å². The van der Waals surface area contributed by atoms with Crippen LogP contribution in [-0.4, -0.2) is 28.9 Å². The van der Waals surface area contributed by atoms with Crippen molar-refractivity contribution in [3.8, 4) is 0 Å². The lowest BCUT2D eigenvalue weighted by Crippen LogP contribution is -2.38. The summed E-state index contributed by atoms with van der Waals surface area (Å²) in [6.45, 7) is 10.7. The smallest absolute Gasteiger partial charge is 0.314 e. The monoisotopic (exact) mass is 366 g/mol. The van der Waals surface area contributed by atoms with Crippen molar-refractivity contribution in [2.45, 2.75) is 91.3 Å². The third-order valence-corrected chi connectivity index (χ3v) is 3.94. The molecule has 0 fully saturated rings. The van der Waals surface area contributed by atoms with Crippen LogP contribution in [0.15, 0.2) is 12.2 Å². The predicted octanol–water partition coefficient (Wildman–Crippen LogP) is 4.38. The van der Waals surface area contributed by atoms with Gasteiger partial charge in [0.2, 0.25) is 0 Å². The number of ketones is 1. The Kier molecular flexibility index (Phi) is 8.04. The van der Waals surface area contributed by atoms with Gasteiger partial charge in [-0.2, -0.15) is 0 Å². The third-order valence-electron chi connectivity index (χ3n) is 3.94. The molecule has 0 aromatic heterocycles. The summed E-state index contributed by atoms with van der Waals surface area (Å²) >= 11 is 0. The lowest BCUT2D eigenvalue weighted by Gasteiger charge is -2.29. The van der Waals surface area contributed by atoms with Crippen LogP contribution < -0.4 is 0 Å². The van der Waals surface area contributed by atoms with Crippen molar-refractivity contribution in [3.63, 3.8) is 0 Å². The molecule has 1 aliphatic carbocycles. The van der Waals surface area contributed by atoms with Crippen LogP contribution in [-0.2, 0) is 23.9 Å². The normalized spacial score (nSPS) is 24.3. The van der Waals surface area contributed by atoms with Gasteiger partial charge in [0.25, 0.3) is 0 Å². The molecule has 0 radical (unpaired) electrons. The van der Waals surface area contributed by atoms with E-state index in [-0.39, 0.29) is 12.2 Å². The van der Waals surface area contributed by atoms with E-state index in [2.05, 4.69) is 0 Å². The molecule has 26 heavy (non-hydrogen) atoms. The Morgan fingerprint density at radius 3 is 2.08 bits per heavy atom. The van der Waals surface area contributed by atoms with Crippen LogP contribution in [0.5, 0.6) is 0 Å². The van der Waals surface area contributed by atoms with Gasteiger partial charge in [0.1, 0.15) is 17.0 Å². The summed E-state index contributed by atoms with van der Waals surface area (Å²) in [5.41, 5.74) is -1.35. The third kappa shape index (κ3) is 8.63. The molecule has 5 heteroatoms. The first-order valence-electron chi connectivity index (χ1n) is 9.53. The Bertz CT molecular complexity index is 534. The van der Waals surface area contributed by atoms with Gasteiger partial charge in [-0.3, -0.25) is 14.4 Å². The Morgan fingerprint density at radius 2 is 1.50 bits per heavy atom. The molecular weight excluding hydrogens is 332 g/mol. The Hall–Kier alpha value is -1.65. The predicted molar refractivity (Wildman–Crippen MR) is 101 cm³/mol. The number of carbonyl (C=O) groups excluding carboxylic acids is 3. The van der Waals surface area contributed by atoms with E-state index in [1.54, 1.807) is 47.6 Å². The van der Waals surface area contributed by atoms with E-state index in [4.69, 9.17) is 9.47 Å². The molecule has 0 amide bonds. The van der Waals surface area contributed by atoms with Gasteiger partial charge in [0.05, 0.1) is 11.8 Å². The fourth-order valence-electron chi connectivity index (χ4n) is 2.83. The zero-order valence-corrected chi connectivity index (χ0v) is 17.1. The molecule has 0 saturated carbocycles. The quantitative estimate of drug-likeness (QED) is 0.536. The molecule has 0 unspecified atom stereocenters. The number of hydrogen-bond donors (Lipinski definition) is 0. The van der Waals surface area contributed by atoms with Gasteiger partial charge in [-0.1, -0.05) is 18.6 Å². The number of Topliss-reactive ketones (excluding diaryl/α,β-unsaturated/α-hetero) is 1. The van der Waals surface area contributed by atoms with Crippen LogP contribution in [0.2, 0.25) is 0 Å². The second kappa shape index (κ2) is 9.33. The number of allylic oxidation sites excluding steroid dienone is 1. The number of hydrogen-bond acceptors (Lipinski definition) is 5. The van der Waals surface area contributed by atoms with E-state index in [0.717, 1.165) is 25.7 Å². The molecule has 0 heterocycles. The molecular formula is C21H34O5. The van der Waals surface area contributed by atoms with Gasteiger partial charge in [-0.15, -0.1) is 0 Å². The van der Waals surface area contributed by atoms with Gasteiger partial charge in [-0.25, -0.2) is 0 Å². The second-order valence-electron chi connectivity index (χ2n) is 8.97. The first kappa shape index (κ1) is 22.4. The summed E-state index contributed by atoms with van der Waals surface area (Å²) in [5.74, 6) is -2.69. The second-order valence-corrected chi connectivity index (χ2v) is 8.97. The van der Waals surface area contributed by atoms with Gasteiger partial charge in [0.15, 0.2) is 0 Å². The average Bonchev–Trinajstić information content (AvgIpc) is 2.48. The molecule has 148 valence electrons. The highest BCUT2D eigenvalue weighted by Gasteiger charge is 2.38. The lowest BCUT2D eigenvalue weighted by atomic mass is 9.86. The van der Waals surface area contributed by atoms with Gasteiger partial charge in [0, 0.05) is 12.8 Å². The molecule has 0 spiro atoms. The van der Waals surface area contributed by atoms with E-state index >= 15 is 0 Å². The maximum Gasteiger partial charge on any atom is 0.314 e. The van der Waals surface area contributed by atoms with Gasteiger partial charge >= 0.3 is 11.9 Å². The zero-order chi connectivity index (χ0) is 20.0. The molecule has 0 aromatic rings. The Morgan fingerprint density at radius 1 is 0.923 bits per heavy atom. The summed E-state index contributed by atoms with van der Waals surface area (Å²) in [7, 11) is 0. The standard InChI is InChI=1S/C21H34O5/c1-20(2,3)25-18(23)16-13-11-9-7-8-10-12-15(22)14-17(16)19(24)26-21(4,5)6/h11,13,16-17H,7-10,12,14H2,1-6H3/b13-11+/t16-,17-/m0/s1. The minimum atomic E-state index is -0.856. The van der Waals surface area contributed by atoms with Crippen molar-refractivity contribution in [3.05, 3.63) is 12.2 Å². The number of esters is 2. The molecule has 0 aromatic carbocycles. The zero-order valence-electron chi connectivity index (χ0n) is 17.1. The van der Waals surface area contributed by atoms with E-state index in [1.807, 2.05) is 6.08 Å². The van der Waals surface area contributed by atoms with Crippen molar-refractivity contribution in [1.29, 1.82) is 0 Å². The van der Waals surface area contributed by atoms with Crippen molar-refractivity contribution in [1.82, 2.24) is 0 Å². The minimum absolute atomic E-state index is 0.00314. The summed E-state index contributed by atoms with van der Waals surface area (Å²) < 4.78 is 11.0. The van der Waals surface area contributed by atoms with Crippen LogP contribution >= 0.6 is 0 Å². The molecule has 0 N–H and O–H groups in total. The first-order chi connectivity index (χ1) is 11.9. The molecule has 5 nitrogen and oxygen atoms in total. The largest absolute Gasteiger partial charge is 0.460 e. The summed E-state index contributed by atoms with van der Waals surface area (Å²) in [5, 5.41) is 0. The van der Waals surface area contributed by atoms with Crippen molar-refractivity contribution < 1.29 is 23.9 Å². The molecule has 1 aliphatic rings. The fourth-order valence-corrected chi connectivity index (χ4v) is 2.83. The van der Waals surface area contributed by atoms with E-state index < -0.39 is 35.0 Å². The van der Waals surface area contributed by atoms with E-state index in [0.29, 0.717) is 6.42 Å². The number of ether oxygens (including phenoxy) is 2. The van der Waals surface area contributed by atoms with Gasteiger partial charge in [-0.05, 0) is 60.8 Å². The first-order valence-corrected chi connectivity index (χ1v) is 9.53. The molecule has 2 atom stereocenters. The van der Waals surface area contributed by atoms with Crippen LogP contribution in [0.1, 0.15) is 80.1 Å². The summed E-state index contributed by atoms with van der Waals surface area (Å²) in [4.78, 5) is 37.9. The van der Waals surface area contributed by atoms with Crippen LogP contribution in [0.4, 0.5) is 0 Å². The fraction of sp³-hybridized carbons (Fsp3) is 0.762. The number of rotatable bonds is 2. The lowest BCUT2D eigenvalue weighted by molar-refractivity contribution is -0.171. The maximum absolute atomic E-state index is 12.8. The SMILES string of the molecule is CC(C)(C)OC(=O)[C@H]1/C=C/CCCCCC(=O)C[C@@H]1C(=O)OC(C)(C)C. The van der Waals surface area contributed by atoms with E-state index in [1.165, 1.54) is 0 Å². The summed E-state index contributed by atoms with van der Waals surface area (Å²) in [6, 6.07) is 0. The highest BCUT2D eigenvalue weighted by atomic mass is 16.6. The van der Waals surface area contributed by atoms with Crippen LogP contribution in [0, 0.1) is 11.8 Å². The van der Waals surface area contributed by atoms with Crippen molar-refractivity contribution >= 4 is 17.7 Å². The number of carbonyl (C=O) groups is 3. The molecule has 1 rings (SSSR count). The summed E-state index contributed by atoms with van der Waals surface area (Å²) in [6.07, 6.45) is 7.62. The van der Waals surface area contributed by atoms with Crippen molar-refractivity contribution in [2.75, 3.05) is 0 Å². The average molecular weight is 366 g/mol. The highest BCUT2D eigenvalue weighted by molar-refractivity contribution is 5.89. The van der Waals surface area contributed by atoms with Crippen LogP contribution in [0.3, 0.4) is 0 Å². The molecule has 0 bridgehead atoms. The molecule has 0 aliphatic heterocycles.